The molecule has 7 heteroatoms. The minimum absolute atomic E-state index is 0.180. The highest BCUT2D eigenvalue weighted by Gasteiger charge is 2.26. The molecule has 0 aliphatic rings. The van der Waals surface area contributed by atoms with E-state index in [0.717, 1.165) is 0 Å². The van der Waals surface area contributed by atoms with Gasteiger partial charge in [-0.3, -0.25) is 14.2 Å². The molecule has 0 aliphatic heterocycles. The molecule has 2 aromatic carbocycles. The maximum atomic E-state index is 13.6. The summed E-state index contributed by atoms with van der Waals surface area (Å²) in [5.74, 6) is -0.329. The van der Waals surface area contributed by atoms with Crippen molar-refractivity contribution >= 4 is 28.4 Å². The summed E-state index contributed by atoms with van der Waals surface area (Å²) < 4.78 is 15.1. The smallest absolute Gasteiger partial charge is 0.261 e. The highest BCUT2D eigenvalue weighted by molar-refractivity contribution is 6.31. The average molecular weight is 402 g/mol. The average Bonchev–Trinajstić information content (AvgIpc) is 2.68. The molecule has 1 aromatic heterocycles. The fourth-order valence-corrected chi connectivity index (χ4v) is 3.52. The van der Waals surface area contributed by atoms with Gasteiger partial charge in [0, 0.05) is 23.7 Å². The lowest BCUT2D eigenvalue weighted by Crippen LogP contribution is -2.37. The van der Waals surface area contributed by atoms with Crippen LogP contribution in [0.5, 0.6) is 0 Å². The number of halogens is 2. The Bertz CT molecular complexity index is 1100. The zero-order chi connectivity index (χ0) is 20.4. The largest absolute Gasteiger partial charge is 0.329 e. The van der Waals surface area contributed by atoms with Crippen LogP contribution >= 0.6 is 11.6 Å². The van der Waals surface area contributed by atoms with E-state index < -0.39 is 11.9 Å². The zero-order valence-corrected chi connectivity index (χ0v) is 16.7. The molecule has 1 heterocycles. The fourth-order valence-electron chi connectivity index (χ4n) is 3.36. The van der Waals surface area contributed by atoms with E-state index in [0.29, 0.717) is 34.8 Å². The van der Waals surface area contributed by atoms with Gasteiger partial charge in [0.05, 0.1) is 16.9 Å². The van der Waals surface area contributed by atoms with Gasteiger partial charge < -0.3 is 4.90 Å². The van der Waals surface area contributed by atoms with Crippen LogP contribution in [0.3, 0.4) is 0 Å². The Morgan fingerprint density at radius 2 is 2.00 bits per heavy atom. The Kier molecular flexibility index (Phi) is 5.79. The molecule has 3 aromatic rings. The van der Waals surface area contributed by atoms with Crippen LogP contribution in [0.15, 0.2) is 47.3 Å². The van der Waals surface area contributed by atoms with E-state index >= 15 is 0 Å². The van der Waals surface area contributed by atoms with Crippen molar-refractivity contribution in [1.82, 2.24) is 14.5 Å². The second-order valence-electron chi connectivity index (χ2n) is 6.46. The normalized spacial score (nSPS) is 12.2. The van der Waals surface area contributed by atoms with E-state index in [1.807, 2.05) is 20.8 Å². The van der Waals surface area contributed by atoms with Gasteiger partial charge in [0.2, 0.25) is 0 Å². The Labute approximate surface area is 167 Å². The van der Waals surface area contributed by atoms with Crippen LogP contribution in [0.4, 0.5) is 4.39 Å². The van der Waals surface area contributed by atoms with E-state index in [9.17, 15) is 14.0 Å². The molecule has 1 atom stereocenters. The number of benzene rings is 2. The molecule has 0 radical (unpaired) electrons. The standard InChI is InChI=1S/C21H21ClFN3O2/c1-4-25(20(27)14-7-6-8-16(23)11-14)13(3)19-24-18-12-15(22)9-10-17(18)21(28)26(19)5-2/h6-13H,4-5H2,1-3H3. The summed E-state index contributed by atoms with van der Waals surface area (Å²) >= 11 is 6.06. The lowest BCUT2D eigenvalue weighted by atomic mass is 10.1. The molecule has 0 spiro atoms. The summed E-state index contributed by atoms with van der Waals surface area (Å²) in [6.07, 6.45) is 0. The Morgan fingerprint density at radius 3 is 2.64 bits per heavy atom. The molecular formula is C21H21ClFN3O2. The highest BCUT2D eigenvalue weighted by atomic mass is 35.5. The quantitative estimate of drug-likeness (QED) is 0.635. The Balaban J connectivity index is 2.11. The SMILES string of the molecule is CCN(C(=O)c1cccc(F)c1)C(C)c1nc2cc(Cl)ccc2c(=O)n1CC. The summed E-state index contributed by atoms with van der Waals surface area (Å²) in [5, 5.41) is 0.956. The predicted molar refractivity (Wildman–Crippen MR) is 108 cm³/mol. The van der Waals surface area contributed by atoms with Gasteiger partial charge in [0.1, 0.15) is 11.6 Å². The predicted octanol–water partition coefficient (Wildman–Crippen LogP) is 4.43. The Hall–Kier alpha value is -2.73. The summed E-state index contributed by atoms with van der Waals surface area (Å²) in [4.78, 5) is 32.1. The monoisotopic (exact) mass is 401 g/mol. The molecule has 1 amide bonds. The van der Waals surface area contributed by atoms with E-state index in [4.69, 9.17) is 11.6 Å². The molecular weight excluding hydrogens is 381 g/mol. The first kappa shape index (κ1) is 20.0. The van der Waals surface area contributed by atoms with Crippen LogP contribution < -0.4 is 5.56 Å². The van der Waals surface area contributed by atoms with Gasteiger partial charge in [0.15, 0.2) is 0 Å². The fraction of sp³-hybridized carbons (Fsp3) is 0.286. The van der Waals surface area contributed by atoms with Gasteiger partial charge in [0.25, 0.3) is 11.5 Å². The van der Waals surface area contributed by atoms with Crippen LogP contribution in [0.2, 0.25) is 5.02 Å². The van der Waals surface area contributed by atoms with E-state index in [1.165, 1.54) is 18.2 Å². The van der Waals surface area contributed by atoms with Gasteiger partial charge in [-0.05, 0) is 57.2 Å². The number of amides is 1. The molecule has 28 heavy (non-hydrogen) atoms. The molecule has 3 rings (SSSR count). The Morgan fingerprint density at radius 1 is 1.25 bits per heavy atom. The van der Waals surface area contributed by atoms with E-state index in [2.05, 4.69) is 4.98 Å². The molecule has 5 nitrogen and oxygen atoms in total. The van der Waals surface area contributed by atoms with E-state index in [1.54, 1.807) is 33.7 Å². The van der Waals surface area contributed by atoms with Crippen molar-refractivity contribution in [2.24, 2.45) is 0 Å². The first-order valence-corrected chi connectivity index (χ1v) is 9.51. The van der Waals surface area contributed by atoms with Gasteiger partial charge in [-0.2, -0.15) is 0 Å². The zero-order valence-electron chi connectivity index (χ0n) is 15.9. The highest BCUT2D eigenvalue weighted by Crippen LogP contribution is 2.23. The van der Waals surface area contributed by atoms with E-state index in [-0.39, 0.29) is 17.0 Å². The molecule has 1 unspecified atom stereocenters. The minimum atomic E-state index is -0.489. The van der Waals surface area contributed by atoms with Crippen molar-refractivity contribution in [1.29, 1.82) is 0 Å². The van der Waals surface area contributed by atoms with Crippen LogP contribution in [0, 0.1) is 5.82 Å². The van der Waals surface area contributed by atoms with Gasteiger partial charge >= 0.3 is 0 Å². The van der Waals surface area contributed by atoms with Crippen molar-refractivity contribution in [2.45, 2.75) is 33.4 Å². The molecule has 0 bridgehead atoms. The molecule has 0 saturated heterocycles. The number of fused-ring (bicyclic) bond motifs is 1. The lowest BCUT2D eigenvalue weighted by molar-refractivity contribution is 0.0690. The van der Waals surface area contributed by atoms with Crippen LogP contribution in [0.1, 0.15) is 43.0 Å². The second-order valence-corrected chi connectivity index (χ2v) is 6.89. The molecule has 0 N–H and O–H groups in total. The van der Waals surface area contributed by atoms with Gasteiger partial charge in [-0.25, -0.2) is 9.37 Å². The maximum Gasteiger partial charge on any atom is 0.261 e. The summed E-state index contributed by atoms with van der Waals surface area (Å²) in [7, 11) is 0. The second kappa shape index (κ2) is 8.10. The van der Waals surface area contributed by atoms with Gasteiger partial charge in [-0.15, -0.1) is 0 Å². The van der Waals surface area contributed by atoms with Crippen molar-refractivity contribution in [3.63, 3.8) is 0 Å². The summed E-state index contributed by atoms with van der Waals surface area (Å²) in [5.41, 5.74) is 0.557. The number of rotatable bonds is 5. The number of carbonyl (C=O) groups is 1. The number of hydrogen-bond acceptors (Lipinski definition) is 3. The third-order valence-corrected chi connectivity index (χ3v) is 5.01. The molecule has 0 fully saturated rings. The third kappa shape index (κ3) is 3.64. The minimum Gasteiger partial charge on any atom is -0.329 e. The van der Waals surface area contributed by atoms with Crippen molar-refractivity contribution in [3.05, 3.63) is 75.0 Å². The number of nitrogens with zero attached hydrogens (tertiary/aromatic N) is 3. The number of carbonyl (C=O) groups excluding carboxylic acids is 1. The summed E-state index contributed by atoms with van der Waals surface area (Å²) in [6.45, 7) is 6.29. The topological polar surface area (TPSA) is 55.2 Å². The van der Waals surface area contributed by atoms with Crippen LogP contribution in [-0.4, -0.2) is 26.9 Å². The number of hydrogen-bond donors (Lipinski definition) is 0. The maximum absolute atomic E-state index is 13.6. The third-order valence-electron chi connectivity index (χ3n) is 4.78. The molecule has 0 saturated carbocycles. The lowest BCUT2D eigenvalue weighted by Gasteiger charge is -2.29. The van der Waals surface area contributed by atoms with Crippen molar-refractivity contribution < 1.29 is 9.18 Å². The van der Waals surface area contributed by atoms with Crippen molar-refractivity contribution in [3.8, 4) is 0 Å². The number of aromatic nitrogens is 2. The van der Waals surface area contributed by atoms with Crippen LogP contribution in [0.25, 0.3) is 10.9 Å². The first-order chi connectivity index (χ1) is 13.4. The first-order valence-electron chi connectivity index (χ1n) is 9.13. The van der Waals surface area contributed by atoms with Crippen molar-refractivity contribution in [2.75, 3.05) is 6.54 Å². The summed E-state index contributed by atoms with van der Waals surface area (Å²) in [6, 6.07) is 10.0. The molecule has 146 valence electrons. The molecule has 0 aliphatic carbocycles. The van der Waals surface area contributed by atoms with Crippen LogP contribution in [-0.2, 0) is 6.54 Å². The van der Waals surface area contributed by atoms with Gasteiger partial charge in [-0.1, -0.05) is 17.7 Å².